The molecule has 1 aliphatic carbocycles. The highest BCUT2D eigenvalue weighted by atomic mass is 32.2. The highest BCUT2D eigenvalue weighted by molar-refractivity contribution is 8.00. The Morgan fingerprint density at radius 1 is 1.15 bits per heavy atom. The lowest BCUT2D eigenvalue weighted by Crippen LogP contribution is -2.32. The van der Waals surface area contributed by atoms with E-state index in [1.165, 1.54) is 5.56 Å². The smallest absolute Gasteiger partial charge is 0.357 e. The molecule has 2 heterocycles. The molecule has 0 unspecified atom stereocenters. The first-order chi connectivity index (χ1) is 12.9. The molecule has 1 spiro atoms. The summed E-state index contributed by atoms with van der Waals surface area (Å²) in [6, 6.07) is 10.7. The van der Waals surface area contributed by atoms with E-state index in [-0.39, 0.29) is 22.2 Å². The van der Waals surface area contributed by atoms with Gasteiger partial charge in [-0.05, 0) is 66.6 Å². The van der Waals surface area contributed by atoms with Crippen molar-refractivity contribution in [3.05, 3.63) is 53.9 Å². The summed E-state index contributed by atoms with van der Waals surface area (Å²) >= 11 is -0.0752. The molecule has 2 aliphatic rings. The molecule has 2 fully saturated rings. The maximum atomic E-state index is 12.5. The molecule has 27 heavy (non-hydrogen) atoms. The first-order valence-electron chi connectivity index (χ1n) is 8.87. The lowest BCUT2D eigenvalue weighted by Gasteiger charge is -2.22. The number of hydrogen-bond acceptors (Lipinski definition) is 5. The largest absolute Gasteiger partial charge is 0.446 e. The minimum absolute atomic E-state index is 0.0752. The molecule has 8 heteroatoms. The molecule has 1 saturated heterocycles. The van der Waals surface area contributed by atoms with E-state index in [4.69, 9.17) is 5.73 Å². The second kappa shape index (κ2) is 7.00. The Morgan fingerprint density at radius 2 is 1.89 bits per heavy atom. The van der Waals surface area contributed by atoms with Crippen LogP contribution in [0.15, 0.2) is 47.5 Å². The fourth-order valence-corrected chi connectivity index (χ4v) is 4.23. The van der Waals surface area contributed by atoms with Crippen LogP contribution < -0.4 is 10.6 Å². The molecule has 2 aromatic rings. The lowest BCUT2D eigenvalue weighted by atomic mass is 10.2. The van der Waals surface area contributed by atoms with Crippen LogP contribution in [0.3, 0.4) is 0 Å². The average Bonchev–Trinajstić information content (AvgIpc) is 3.32. The van der Waals surface area contributed by atoms with Crippen LogP contribution in [-0.2, 0) is 13.1 Å². The van der Waals surface area contributed by atoms with Gasteiger partial charge in [0.25, 0.3) is 0 Å². The van der Waals surface area contributed by atoms with Gasteiger partial charge in [0.05, 0.1) is 12.4 Å². The quantitative estimate of drug-likeness (QED) is 0.778. The van der Waals surface area contributed by atoms with E-state index in [9.17, 15) is 13.2 Å². The number of thioether (sulfide) groups is 1. The van der Waals surface area contributed by atoms with E-state index in [0.29, 0.717) is 6.54 Å². The summed E-state index contributed by atoms with van der Waals surface area (Å²) in [5.41, 5.74) is 4.65. The molecular formula is C19H21F3N4S. The van der Waals surface area contributed by atoms with Gasteiger partial charge in [-0.1, -0.05) is 0 Å². The monoisotopic (exact) mass is 394 g/mol. The predicted octanol–water partition coefficient (Wildman–Crippen LogP) is 3.96. The summed E-state index contributed by atoms with van der Waals surface area (Å²) in [7, 11) is 0. The number of hydrogen-bond donors (Lipinski definition) is 1. The van der Waals surface area contributed by atoms with Gasteiger partial charge in [0, 0.05) is 42.0 Å². The van der Waals surface area contributed by atoms with Gasteiger partial charge in [0.15, 0.2) is 0 Å². The molecule has 1 aromatic carbocycles. The number of rotatable bonds is 5. The van der Waals surface area contributed by atoms with Gasteiger partial charge in [0.1, 0.15) is 0 Å². The van der Waals surface area contributed by atoms with Gasteiger partial charge in [-0.3, -0.25) is 9.88 Å². The van der Waals surface area contributed by atoms with E-state index in [1.54, 1.807) is 30.5 Å². The molecule has 0 atom stereocenters. The highest BCUT2D eigenvalue weighted by Gasteiger charge is 2.53. The Balaban J connectivity index is 1.45. The summed E-state index contributed by atoms with van der Waals surface area (Å²) in [6.07, 6.45) is 4.10. The zero-order chi connectivity index (χ0) is 19.1. The van der Waals surface area contributed by atoms with Crippen LogP contribution in [-0.4, -0.2) is 34.1 Å². The standard InChI is InChI=1S/C19H21F3N4S/c20-19(21,22)27-17-3-1-16(2-4-17)25-12-18(6-7-18)26(13-25)11-14-5-8-24-15(9-14)10-23/h1-5,8-9H,6-7,10-13,23H2. The van der Waals surface area contributed by atoms with Gasteiger partial charge >= 0.3 is 5.51 Å². The Labute approximate surface area is 160 Å². The molecule has 0 radical (unpaired) electrons. The minimum atomic E-state index is -4.25. The van der Waals surface area contributed by atoms with Crippen molar-refractivity contribution in [1.82, 2.24) is 9.88 Å². The third kappa shape index (κ3) is 4.23. The molecule has 4 nitrogen and oxygen atoms in total. The van der Waals surface area contributed by atoms with Crippen LogP contribution in [0.5, 0.6) is 0 Å². The molecule has 144 valence electrons. The number of nitrogens with two attached hydrogens (primary N) is 1. The number of benzene rings is 1. The van der Waals surface area contributed by atoms with Crippen molar-refractivity contribution in [3.8, 4) is 0 Å². The number of anilines is 1. The predicted molar refractivity (Wildman–Crippen MR) is 100 cm³/mol. The molecule has 2 N–H and O–H groups in total. The Kier molecular flexibility index (Phi) is 4.82. The Morgan fingerprint density at radius 3 is 2.52 bits per heavy atom. The van der Waals surface area contributed by atoms with E-state index >= 15 is 0 Å². The van der Waals surface area contributed by atoms with Gasteiger partial charge in [-0.25, -0.2) is 0 Å². The molecule has 1 saturated carbocycles. The number of alkyl halides is 3. The normalized spacial score (nSPS) is 19.0. The van der Waals surface area contributed by atoms with Crippen molar-refractivity contribution < 1.29 is 13.2 Å². The second-order valence-electron chi connectivity index (χ2n) is 7.16. The molecule has 1 aliphatic heterocycles. The molecule has 4 rings (SSSR count). The fourth-order valence-electron chi connectivity index (χ4n) is 3.69. The van der Waals surface area contributed by atoms with Crippen molar-refractivity contribution in [2.24, 2.45) is 5.73 Å². The zero-order valence-electron chi connectivity index (χ0n) is 14.7. The van der Waals surface area contributed by atoms with Crippen LogP contribution in [0, 0.1) is 0 Å². The van der Waals surface area contributed by atoms with E-state index in [0.717, 1.165) is 44.0 Å². The van der Waals surface area contributed by atoms with E-state index < -0.39 is 5.51 Å². The van der Waals surface area contributed by atoms with Gasteiger partial charge < -0.3 is 10.6 Å². The van der Waals surface area contributed by atoms with Crippen molar-refractivity contribution in [2.75, 3.05) is 18.1 Å². The van der Waals surface area contributed by atoms with Crippen LogP contribution in [0.4, 0.5) is 18.9 Å². The topological polar surface area (TPSA) is 45.4 Å². The van der Waals surface area contributed by atoms with Gasteiger partial charge in [-0.2, -0.15) is 13.2 Å². The zero-order valence-corrected chi connectivity index (χ0v) is 15.6. The summed E-state index contributed by atoms with van der Waals surface area (Å²) in [4.78, 5) is 9.17. The van der Waals surface area contributed by atoms with Gasteiger partial charge in [-0.15, -0.1) is 0 Å². The van der Waals surface area contributed by atoms with Crippen molar-refractivity contribution in [3.63, 3.8) is 0 Å². The average molecular weight is 394 g/mol. The summed E-state index contributed by atoms with van der Waals surface area (Å²) in [5, 5.41) is 0. The molecular weight excluding hydrogens is 373 g/mol. The Bertz CT molecular complexity index is 805. The lowest BCUT2D eigenvalue weighted by molar-refractivity contribution is -0.0328. The van der Waals surface area contributed by atoms with E-state index in [2.05, 4.69) is 14.8 Å². The highest BCUT2D eigenvalue weighted by Crippen LogP contribution is 2.48. The van der Waals surface area contributed by atoms with Crippen LogP contribution in [0.25, 0.3) is 0 Å². The van der Waals surface area contributed by atoms with Crippen molar-refractivity contribution in [1.29, 1.82) is 0 Å². The first kappa shape index (κ1) is 18.6. The van der Waals surface area contributed by atoms with Crippen LogP contribution >= 0.6 is 11.8 Å². The third-order valence-corrected chi connectivity index (χ3v) is 5.96. The van der Waals surface area contributed by atoms with Crippen molar-refractivity contribution in [2.45, 2.75) is 41.9 Å². The number of halogens is 3. The summed E-state index contributed by atoms with van der Waals surface area (Å²) in [6.45, 7) is 2.93. The summed E-state index contributed by atoms with van der Waals surface area (Å²) < 4.78 is 37.5. The number of aromatic nitrogens is 1. The minimum Gasteiger partial charge on any atom is -0.357 e. The molecule has 0 bridgehead atoms. The SMILES string of the molecule is NCc1cc(CN2CN(c3ccc(SC(F)(F)F)cc3)CC23CC3)ccn1. The fraction of sp³-hybridized carbons (Fsp3) is 0.421. The van der Waals surface area contributed by atoms with Crippen LogP contribution in [0.2, 0.25) is 0 Å². The third-order valence-electron chi connectivity index (χ3n) is 5.22. The van der Waals surface area contributed by atoms with Crippen LogP contribution in [0.1, 0.15) is 24.1 Å². The number of pyridine rings is 1. The summed E-state index contributed by atoms with van der Waals surface area (Å²) in [5.74, 6) is 0. The maximum absolute atomic E-state index is 12.5. The van der Waals surface area contributed by atoms with Gasteiger partial charge in [0.2, 0.25) is 0 Å². The van der Waals surface area contributed by atoms with E-state index in [1.807, 2.05) is 12.1 Å². The second-order valence-corrected chi connectivity index (χ2v) is 8.30. The molecule has 0 amide bonds. The maximum Gasteiger partial charge on any atom is 0.446 e. The van der Waals surface area contributed by atoms with Crippen molar-refractivity contribution >= 4 is 17.4 Å². The molecule has 1 aromatic heterocycles. The number of nitrogens with zero attached hydrogens (tertiary/aromatic N) is 3. The first-order valence-corrected chi connectivity index (χ1v) is 9.68. The Hall–Kier alpha value is -1.77.